The van der Waals surface area contributed by atoms with Crippen molar-refractivity contribution in [3.05, 3.63) is 0 Å². The molecular formula is C13H23NO10. The molecule has 0 aliphatic carbocycles. The molecule has 1 saturated heterocycles. The van der Waals surface area contributed by atoms with Gasteiger partial charge in [0.25, 0.3) is 0 Å². The zero-order valence-electron chi connectivity index (χ0n) is 13.2. The second-order valence-corrected chi connectivity index (χ2v) is 5.66. The number of amides is 1. The molecule has 7 N–H and O–H groups in total. The number of aliphatic hydroxyl groups excluding tert-OH is 5. The molecule has 7 atom stereocenters. The Hall–Kier alpha value is -1.34. The van der Waals surface area contributed by atoms with Crippen molar-refractivity contribution in [1.29, 1.82) is 0 Å². The molecule has 140 valence electrons. The molecule has 1 fully saturated rings. The van der Waals surface area contributed by atoms with Crippen LogP contribution in [0.5, 0.6) is 0 Å². The van der Waals surface area contributed by atoms with Gasteiger partial charge >= 0.3 is 5.97 Å². The fraction of sp³-hybridized carbons (Fsp3) is 0.846. The molecule has 0 aromatic heterocycles. The number of aliphatic hydroxyl groups is 5. The van der Waals surface area contributed by atoms with Crippen molar-refractivity contribution < 1.29 is 49.7 Å². The van der Waals surface area contributed by atoms with Crippen molar-refractivity contribution in [3.8, 4) is 0 Å². The highest BCUT2D eigenvalue weighted by molar-refractivity contribution is 5.78. The third-order valence-corrected chi connectivity index (χ3v) is 3.86. The topological polar surface area (TPSA) is 186 Å². The zero-order valence-corrected chi connectivity index (χ0v) is 13.2. The normalized spacial score (nSPS) is 34.2. The van der Waals surface area contributed by atoms with Gasteiger partial charge < -0.3 is 45.4 Å². The summed E-state index contributed by atoms with van der Waals surface area (Å²) < 4.78 is 10.3. The fourth-order valence-corrected chi connectivity index (χ4v) is 2.34. The molecule has 0 saturated carbocycles. The van der Waals surface area contributed by atoms with E-state index < -0.39 is 67.4 Å². The minimum Gasteiger partial charge on any atom is -0.479 e. The first-order valence-electron chi connectivity index (χ1n) is 7.18. The van der Waals surface area contributed by atoms with Crippen LogP contribution in [0.15, 0.2) is 0 Å². The number of carbonyl (C=O) groups excluding carboxylic acids is 1. The summed E-state index contributed by atoms with van der Waals surface area (Å²) in [5.41, 5.74) is -2.35. The molecule has 0 unspecified atom stereocenters. The molecule has 11 nitrogen and oxygen atoms in total. The Morgan fingerprint density at radius 1 is 1.33 bits per heavy atom. The maximum atomic E-state index is 11.5. The number of carboxylic acid groups (broad SMARTS) is 1. The number of hydrogen-bond donors (Lipinski definition) is 7. The quantitative estimate of drug-likeness (QED) is 0.239. The Bertz CT molecular complexity index is 460. The van der Waals surface area contributed by atoms with Crippen LogP contribution in [0.25, 0.3) is 0 Å². The van der Waals surface area contributed by atoms with Crippen molar-refractivity contribution in [2.24, 2.45) is 0 Å². The SMILES string of the molecule is CC(=O)N[C@@H]1[C@@H](O[C@](C)(C(=O)O)[C@@H](O)CO)[C@H](O)[C@@H](CO)O[C@@H]1O. The van der Waals surface area contributed by atoms with E-state index in [1.807, 2.05) is 0 Å². The van der Waals surface area contributed by atoms with Crippen molar-refractivity contribution in [2.75, 3.05) is 13.2 Å². The van der Waals surface area contributed by atoms with Crippen LogP contribution in [0.2, 0.25) is 0 Å². The summed E-state index contributed by atoms with van der Waals surface area (Å²) >= 11 is 0. The van der Waals surface area contributed by atoms with E-state index in [0.29, 0.717) is 0 Å². The fourth-order valence-electron chi connectivity index (χ4n) is 2.34. The minimum atomic E-state index is -2.35. The van der Waals surface area contributed by atoms with Crippen LogP contribution in [-0.4, -0.2) is 98.1 Å². The Labute approximate surface area is 137 Å². The summed E-state index contributed by atoms with van der Waals surface area (Å²) in [6, 6.07) is -1.37. The Kier molecular flexibility index (Phi) is 7.04. The van der Waals surface area contributed by atoms with Crippen molar-refractivity contribution in [1.82, 2.24) is 5.32 Å². The Balaban J connectivity index is 3.18. The van der Waals surface area contributed by atoms with E-state index >= 15 is 0 Å². The Morgan fingerprint density at radius 2 is 1.92 bits per heavy atom. The van der Waals surface area contributed by atoms with E-state index in [-0.39, 0.29) is 0 Å². The highest BCUT2D eigenvalue weighted by Gasteiger charge is 2.52. The predicted molar refractivity (Wildman–Crippen MR) is 75.6 cm³/mol. The monoisotopic (exact) mass is 353 g/mol. The molecule has 0 aromatic rings. The second-order valence-electron chi connectivity index (χ2n) is 5.66. The van der Waals surface area contributed by atoms with E-state index in [1.54, 1.807) is 0 Å². The van der Waals surface area contributed by atoms with Gasteiger partial charge in [-0.3, -0.25) is 4.79 Å². The maximum absolute atomic E-state index is 11.5. The van der Waals surface area contributed by atoms with Crippen LogP contribution in [0.3, 0.4) is 0 Å². The first-order valence-corrected chi connectivity index (χ1v) is 7.18. The lowest BCUT2D eigenvalue weighted by Gasteiger charge is -2.45. The molecule has 1 aliphatic heterocycles. The lowest BCUT2D eigenvalue weighted by atomic mass is 9.93. The number of carboxylic acids is 1. The zero-order chi connectivity index (χ0) is 18.7. The van der Waals surface area contributed by atoms with Crippen molar-refractivity contribution >= 4 is 11.9 Å². The van der Waals surface area contributed by atoms with Crippen LogP contribution in [0.4, 0.5) is 0 Å². The van der Waals surface area contributed by atoms with Crippen LogP contribution in [0.1, 0.15) is 13.8 Å². The molecule has 1 amide bonds. The molecule has 24 heavy (non-hydrogen) atoms. The number of nitrogens with one attached hydrogen (secondary N) is 1. The first kappa shape index (κ1) is 20.7. The molecule has 1 rings (SSSR count). The largest absolute Gasteiger partial charge is 0.479 e. The molecule has 0 bridgehead atoms. The predicted octanol–water partition coefficient (Wildman–Crippen LogP) is -3.86. The minimum absolute atomic E-state index is 0.620. The average Bonchev–Trinajstić information content (AvgIpc) is 2.52. The van der Waals surface area contributed by atoms with Crippen molar-refractivity contribution in [2.45, 2.75) is 56.2 Å². The summed E-state index contributed by atoms with van der Waals surface area (Å²) in [4.78, 5) is 22.7. The van der Waals surface area contributed by atoms with Gasteiger partial charge in [-0.15, -0.1) is 0 Å². The molecule has 0 radical (unpaired) electrons. The van der Waals surface area contributed by atoms with Gasteiger partial charge in [-0.25, -0.2) is 4.79 Å². The number of carbonyl (C=O) groups is 2. The van der Waals surface area contributed by atoms with E-state index in [9.17, 15) is 35.1 Å². The molecular weight excluding hydrogens is 330 g/mol. The number of rotatable bonds is 7. The second kappa shape index (κ2) is 8.16. The maximum Gasteiger partial charge on any atom is 0.338 e. The number of aliphatic carboxylic acids is 1. The summed E-state index contributed by atoms with van der Waals surface area (Å²) in [7, 11) is 0. The molecule has 1 heterocycles. The van der Waals surface area contributed by atoms with Gasteiger partial charge in [-0.1, -0.05) is 0 Å². The van der Waals surface area contributed by atoms with Crippen LogP contribution >= 0.6 is 0 Å². The van der Waals surface area contributed by atoms with Crippen LogP contribution < -0.4 is 5.32 Å². The van der Waals surface area contributed by atoms with Gasteiger partial charge in [0.2, 0.25) is 5.91 Å². The van der Waals surface area contributed by atoms with Gasteiger partial charge in [-0.2, -0.15) is 0 Å². The third-order valence-electron chi connectivity index (χ3n) is 3.86. The third kappa shape index (κ3) is 4.19. The molecule has 1 aliphatic rings. The highest BCUT2D eigenvalue weighted by atomic mass is 16.6. The summed E-state index contributed by atoms with van der Waals surface area (Å²) in [5.74, 6) is -2.26. The van der Waals surface area contributed by atoms with Gasteiger partial charge in [0, 0.05) is 6.92 Å². The van der Waals surface area contributed by atoms with E-state index in [0.717, 1.165) is 13.8 Å². The average molecular weight is 353 g/mol. The standard InChI is InChI=1S/C13H23NO10/c1-5(17)14-8-10(9(19)6(3-15)23-11(8)20)24-13(2,12(21)22)7(18)4-16/h6-11,15-16,18-20H,3-4H2,1-2H3,(H,14,17)(H,21,22)/t6-,7+,8-,9-,10-,11+,13+/m1/s1. The number of hydrogen-bond acceptors (Lipinski definition) is 9. The van der Waals surface area contributed by atoms with Gasteiger partial charge in [0.15, 0.2) is 11.9 Å². The lowest BCUT2D eigenvalue weighted by molar-refractivity contribution is -0.285. The highest BCUT2D eigenvalue weighted by Crippen LogP contribution is 2.28. The van der Waals surface area contributed by atoms with Gasteiger partial charge in [-0.05, 0) is 6.92 Å². The smallest absolute Gasteiger partial charge is 0.338 e. The van der Waals surface area contributed by atoms with Crippen LogP contribution in [0, 0.1) is 0 Å². The van der Waals surface area contributed by atoms with Gasteiger partial charge in [0.05, 0.1) is 13.2 Å². The Morgan fingerprint density at radius 3 is 2.33 bits per heavy atom. The summed E-state index contributed by atoms with van der Waals surface area (Å²) in [6.07, 6.45) is -8.03. The van der Waals surface area contributed by atoms with E-state index in [1.165, 1.54) is 0 Å². The summed E-state index contributed by atoms with van der Waals surface area (Å²) in [6.45, 7) is 0.424. The van der Waals surface area contributed by atoms with Crippen LogP contribution in [-0.2, 0) is 19.1 Å². The first-order chi connectivity index (χ1) is 11.1. The summed E-state index contributed by atoms with van der Waals surface area (Å²) in [5, 5.41) is 59.7. The number of ether oxygens (including phenoxy) is 2. The van der Waals surface area contributed by atoms with E-state index in [2.05, 4.69) is 5.32 Å². The molecule has 11 heteroatoms. The van der Waals surface area contributed by atoms with E-state index in [4.69, 9.17) is 14.6 Å². The van der Waals surface area contributed by atoms with Gasteiger partial charge in [0.1, 0.15) is 30.5 Å². The van der Waals surface area contributed by atoms with Crippen molar-refractivity contribution in [3.63, 3.8) is 0 Å². The molecule has 0 aromatic carbocycles. The molecule has 0 spiro atoms. The lowest BCUT2D eigenvalue weighted by Crippen LogP contribution is -2.68.